The second-order valence-electron chi connectivity index (χ2n) is 4.70. The lowest BCUT2D eigenvalue weighted by Gasteiger charge is -2.24. The van der Waals surface area contributed by atoms with Crippen molar-refractivity contribution >= 4 is 33.2 Å². The lowest BCUT2D eigenvalue weighted by atomic mass is 10.2. The Bertz CT molecular complexity index is 586. The molecule has 0 spiro atoms. The maximum Gasteiger partial charge on any atom is 0.0602 e. The first kappa shape index (κ1) is 15.3. The molecule has 0 amide bonds. The lowest BCUT2D eigenvalue weighted by molar-refractivity contribution is 0.803. The maximum absolute atomic E-state index is 5.87. The van der Waals surface area contributed by atoms with Crippen LogP contribution in [0.3, 0.4) is 0 Å². The van der Waals surface area contributed by atoms with E-state index in [1.54, 1.807) is 0 Å². The van der Waals surface area contributed by atoms with E-state index in [4.69, 9.17) is 11.6 Å². The van der Waals surface area contributed by atoms with Gasteiger partial charge in [-0.1, -0.05) is 12.1 Å². The standard InChI is InChI=1S/C16H18BrClN2/c1-3-20(11-14-6-4-5-12(2)19-14)16-8-7-13(10-18)9-15(16)17/h4-9H,3,10-11H2,1-2H3. The fourth-order valence-electron chi connectivity index (χ4n) is 2.14. The molecule has 1 aromatic heterocycles. The summed E-state index contributed by atoms with van der Waals surface area (Å²) in [5, 5.41) is 0. The number of hydrogen-bond acceptors (Lipinski definition) is 2. The minimum Gasteiger partial charge on any atom is -0.365 e. The monoisotopic (exact) mass is 352 g/mol. The van der Waals surface area contributed by atoms with E-state index in [-0.39, 0.29) is 0 Å². The average Bonchev–Trinajstić information content (AvgIpc) is 2.45. The van der Waals surface area contributed by atoms with Crippen molar-refractivity contribution in [3.05, 3.63) is 57.8 Å². The summed E-state index contributed by atoms with van der Waals surface area (Å²) in [4.78, 5) is 6.87. The molecule has 1 aromatic carbocycles. The minimum atomic E-state index is 0.532. The summed E-state index contributed by atoms with van der Waals surface area (Å²) in [6.45, 7) is 5.90. The van der Waals surface area contributed by atoms with Gasteiger partial charge in [0.1, 0.15) is 0 Å². The summed E-state index contributed by atoms with van der Waals surface area (Å²) in [5.74, 6) is 0.532. The second kappa shape index (κ2) is 7.09. The Morgan fingerprint density at radius 1 is 1.25 bits per heavy atom. The van der Waals surface area contributed by atoms with Crippen LogP contribution in [0.5, 0.6) is 0 Å². The molecule has 0 fully saturated rings. The van der Waals surface area contributed by atoms with E-state index in [1.807, 2.05) is 13.0 Å². The first-order valence-electron chi connectivity index (χ1n) is 6.66. The van der Waals surface area contributed by atoms with Crippen LogP contribution in [0, 0.1) is 6.92 Å². The van der Waals surface area contributed by atoms with E-state index in [1.165, 1.54) is 5.69 Å². The van der Waals surface area contributed by atoms with Gasteiger partial charge in [-0.15, -0.1) is 11.6 Å². The normalized spacial score (nSPS) is 10.6. The quantitative estimate of drug-likeness (QED) is 0.709. The third-order valence-corrected chi connectivity index (χ3v) is 4.13. The first-order chi connectivity index (χ1) is 9.63. The van der Waals surface area contributed by atoms with Crippen LogP contribution in [-0.4, -0.2) is 11.5 Å². The van der Waals surface area contributed by atoms with Gasteiger partial charge in [-0.3, -0.25) is 4.98 Å². The number of alkyl halides is 1. The van der Waals surface area contributed by atoms with Gasteiger partial charge in [-0.05, 0) is 59.6 Å². The third kappa shape index (κ3) is 3.74. The predicted molar refractivity (Wildman–Crippen MR) is 89.4 cm³/mol. The van der Waals surface area contributed by atoms with Crippen LogP contribution in [0.15, 0.2) is 40.9 Å². The SMILES string of the molecule is CCN(Cc1cccc(C)n1)c1ccc(CCl)cc1Br. The molecule has 4 heteroatoms. The fourth-order valence-corrected chi connectivity index (χ4v) is 2.98. The minimum absolute atomic E-state index is 0.532. The molecule has 2 aromatic rings. The maximum atomic E-state index is 5.87. The molecular weight excluding hydrogens is 336 g/mol. The Balaban J connectivity index is 2.24. The van der Waals surface area contributed by atoms with Gasteiger partial charge in [0.2, 0.25) is 0 Å². The summed E-state index contributed by atoms with van der Waals surface area (Å²) < 4.78 is 1.07. The number of halogens is 2. The number of aromatic nitrogens is 1. The Hall–Kier alpha value is -1.06. The average molecular weight is 354 g/mol. The van der Waals surface area contributed by atoms with Gasteiger partial charge in [0, 0.05) is 22.6 Å². The van der Waals surface area contributed by atoms with Gasteiger partial charge in [-0.2, -0.15) is 0 Å². The van der Waals surface area contributed by atoms with Gasteiger partial charge in [-0.25, -0.2) is 0 Å². The van der Waals surface area contributed by atoms with Crippen molar-refractivity contribution in [3.8, 4) is 0 Å². The third-order valence-electron chi connectivity index (χ3n) is 3.19. The molecule has 0 aliphatic rings. The number of aryl methyl sites for hydroxylation is 1. The van der Waals surface area contributed by atoms with Gasteiger partial charge in [0.15, 0.2) is 0 Å². The predicted octanol–water partition coefficient (Wildman–Crippen LogP) is 4.92. The molecule has 2 nitrogen and oxygen atoms in total. The largest absolute Gasteiger partial charge is 0.365 e. The van der Waals surface area contributed by atoms with E-state index in [0.717, 1.165) is 34.5 Å². The van der Waals surface area contributed by atoms with Crippen LogP contribution in [0.25, 0.3) is 0 Å². The molecule has 0 N–H and O–H groups in total. The number of nitrogens with zero attached hydrogens (tertiary/aromatic N) is 2. The smallest absolute Gasteiger partial charge is 0.0602 e. The van der Waals surface area contributed by atoms with E-state index in [9.17, 15) is 0 Å². The highest BCUT2D eigenvalue weighted by molar-refractivity contribution is 9.10. The number of anilines is 1. The number of benzene rings is 1. The summed E-state index contributed by atoms with van der Waals surface area (Å²) in [6, 6.07) is 12.4. The van der Waals surface area contributed by atoms with Crippen molar-refractivity contribution in [3.63, 3.8) is 0 Å². The molecule has 0 aliphatic heterocycles. The van der Waals surface area contributed by atoms with Crippen LogP contribution in [0.2, 0.25) is 0 Å². The Morgan fingerprint density at radius 3 is 2.65 bits per heavy atom. The number of pyridine rings is 1. The van der Waals surface area contributed by atoms with Crippen molar-refractivity contribution in [1.29, 1.82) is 0 Å². The zero-order valence-electron chi connectivity index (χ0n) is 11.7. The van der Waals surface area contributed by atoms with Crippen LogP contribution >= 0.6 is 27.5 Å². The van der Waals surface area contributed by atoms with Crippen molar-refractivity contribution < 1.29 is 0 Å². The van der Waals surface area contributed by atoms with Crippen molar-refractivity contribution in [2.45, 2.75) is 26.3 Å². The van der Waals surface area contributed by atoms with Crippen LogP contribution in [-0.2, 0) is 12.4 Å². The molecule has 0 bridgehead atoms. The van der Waals surface area contributed by atoms with Crippen molar-refractivity contribution in [2.75, 3.05) is 11.4 Å². The van der Waals surface area contributed by atoms with E-state index < -0.39 is 0 Å². The summed E-state index contributed by atoms with van der Waals surface area (Å²) in [5.41, 5.74) is 4.42. The highest BCUT2D eigenvalue weighted by Crippen LogP contribution is 2.28. The molecule has 0 saturated carbocycles. The zero-order valence-corrected chi connectivity index (χ0v) is 14.1. The molecule has 0 aliphatic carbocycles. The number of rotatable bonds is 5. The van der Waals surface area contributed by atoms with Crippen LogP contribution in [0.4, 0.5) is 5.69 Å². The molecule has 0 saturated heterocycles. The Kier molecular flexibility index (Phi) is 5.44. The first-order valence-corrected chi connectivity index (χ1v) is 7.98. The van der Waals surface area contributed by atoms with Gasteiger partial charge in [0.05, 0.1) is 17.9 Å². The van der Waals surface area contributed by atoms with Crippen molar-refractivity contribution in [1.82, 2.24) is 4.98 Å². The fraction of sp³-hybridized carbons (Fsp3) is 0.312. The molecule has 2 rings (SSSR count). The zero-order chi connectivity index (χ0) is 14.5. The molecule has 0 atom stereocenters. The van der Waals surface area contributed by atoms with Gasteiger partial charge < -0.3 is 4.90 Å². The van der Waals surface area contributed by atoms with Gasteiger partial charge >= 0.3 is 0 Å². The molecule has 1 heterocycles. The second-order valence-corrected chi connectivity index (χ2v) is 5.83. The summed E-state index contributed by atoms with van der Waals surface area (Å²) in [6.07, 6.45) is 0. The molecule has 0 radical (unpaired) electrons. The van der Waals surface area contributed by atoms with Crippen LogP contribution in [0.1, 0.15) is 23.9 Å². The van der Waals surface area contributed by atoms with E-state index in [0.29, 0.717) is 5.88 Å². The molecule has 20 heavy (non-hydrogen) atoms. The Labute approximate surface area is 133 Å². The number of hydrogen-bond donors (Lipinski definition) is 0. The Morgan fingerprint density at radius 2 is 2.05 bits per heavy atom. The van der Waals surface area contributed by atoms with Crippen molar-refractivity contribution in [2.24, 2.45) is 0 Å². The molecular formula is C16H18BrClN2. The summed E-state index contributed by atoms with van der Waals surface area (Å²) in [7, 11) is 0. The van der Waals surface area contributed by atoms with E-state index in [2.05, 4.69) is 63.1 Å². The molecule has 106 valence electrons. The topological polar surface area (TPSA) is 16.1 Å². The van der Waals surface area contributed by atoms with Crippen LogP contribution < -0.4 is 4.90 Å². The highest BCUT2D eigenvalue weighted by Gasteiger charge is 2.10. The van der Waals surface area contributed by atoms with Gasteiger partial charge in [0.25, 0.3) is 0 Å². The highest BCUT2D eigenvalue weighted by atomic mass is 79.9. The van der Waals surface area contributed by atoms with E-state index >= 15 is 0 Å². The lowest BCUT2D eigenvalue weighted by Crippen LogP contribution is -2.23. The summed E-state index contributed by atoms with van der Waals surface area (Å²) >= 11 is 9.50. The molecule has 0 unspecified atom stereocenters.